The van der Waals surface area contributed by atoms with Crippen LogP contribution < -0.4 is 0 Å². The summed E-state index contributed by atoms with van der Waals surface area (Å²) in [5.41, 5.74) is 0. The minimum atomic E-state index is -4.05. The smallest absolute Gasteiger partial charge is 0.309 e. The van der Waals surface area contributed by atoms with Crippen molar-refractivity contribution in [3.8, 4) is 0 Å². The number of Topliss-reactive ketones (excluding diaryl/α,β-unsaturated/α-hetero) is 1. The highest BCUT2D eigenvalue weighted by Crippen LogP contribution is 2.44. The standard InChI is InChI=1S/C28H58NO5P/c1-5-6-7-8-9-10-11-12-13-14-15-16-17-18-19-22-28(25-27(2)30)26-34-35(31,32)33-24-21-20-23-29(3)4/h28H,5-26H2,1-4H3,(H,31,32). The minimum absolute atomic E-state index is 0.0210. The van der Waals surface area contributed by atoms with E-state index in [-0.39, 0.29) is 24.9 Å². The van der Waals surface area contributed by atoms with Gasteiger partial charge in [-0.2, -0.15) is 0 Å². The Morgan fingerprint density at radius 1 is 0.771 bits per heavy atom. The summed E-state index contributed by atoms with van der Waals surface area (Å²) in [4.78, 5) is 23.6. The Labute approximate surface area is 217 Å². The van der Waals surface area contributed by atoms with Crippen LogP contribution in [-0.4, -0.2) is 49.4 Å². The van der Waals surface area contributed by atoms with Crippen molar-refractivity contribution < 1.29 is 23.3 Å². The van der Waals surface area contributed by atoms with Crippen molar-refractivity contribution >= 4 is 13.6 Å². The number of phosphoric acid groups is 1. The molecule has 35 heavy (non-hydrogen) atoms. The van der Waals surface area contributed by atoms with Gasteiger partial charge in [0.1, 0.15) is 5.78 Å². The van der Waals surface area contributed by atoms with Crippen molar-refractivity contribution in [3.05, 3.63) is 0 Å². The molecule has 2 unspecified atom stereocenters. The van der Waals surface area contributed by atoms with Crippen molar-refractivity contribution in [1.29, 1.82) is 0 Å². The summed E-state index contributed by atoms with van der Waals surface area (Å²) in [6, 6.07) is 0. The third-order valence-electron chi connectivity index (χ3n) is 6.52. The Balaban J connectivity index is 3.78. The van der Waals surface area contributed by atoms with Gasteiger partial charge in [0.05, 0.1) is 13.2 Å². The van der Waals surface area contributed by atoms with Crippen LogP contribution in [0.1, 0.15) is 136 Å². The second kappa shape index (κ2) is 24.1. The molecule has 0 bridgehead atoms. The third kappa shape index (κ3) is 26.6. The number of nitrogens with zero attached hydrogens (tertiary/aromatic N) is 1. The number of unbranched alkanes of at least 4 members (excludes halogenated alkanes) is 15. The van der Waals surface area contributed by atoms with Crippen molar-refractivity contribution in [2.45, 2.75) is 136 Å². The first kappa shape index (κ1) is 34.7. The molecule has 0 saturated carbocycles. The lowest BCUT2D eigenvalue weighted by Crippen LogP contribution is -2.14. The fourth-order valence-corrected chi connectivity index (χ4v) is 5.24. The van der Waals surface area contributed by atoms with Gasteiger partial charge in [-0.3, -0.25) is 9.05 Å². The quantitative estimate of drug-likeness (QED) is 0.0868. The zero-order valence-corrected chi connectivity index (χ0v) is 24.5. The molecule has 0 aromatic carbocycles. The summed E-state index contributed by atoms with van der Waals surface area (Å²) < 4.78 is 22.4. The topological polar surface area (TPSA) is 76.1 Å². The maximum atomic E-state index is 12.1. The third-order valence-corrected chi connectivity index (χ3v) is 7.50. The van der Waals surface area contributed by atoms with Crippen LogP contribution in [0.4, 0.5) is 0 Å². The maximum Gasteiger partial charge on any atom is 0.472 e. The van der Waals surface area contributed by atoms with Crippen LogP contribution >= 0.6 is 7.82 Å². The fourth-order valence-electron chi connectivity index (χ4n) is 4.40. The molecule has 0 aliphatic heterocycles. The van der Waals surface area contributed by atoms with Gasteiger partial charge in [0.25, 0.3) is 0 Å². The summed E-state index contributed by atoms with van der Waals surface area (Å²) in [6.07, 6.45) is 22.7. The number of hydrogen-bond acceptors (Lipinski definition) is 5. The Hall–Kier alpha value is -0.260. The largest absolute Gasteiger partial charge is 0.472 e. The highest BCUT2D eigenvalue weighted by Gasteiger charge is 2.23. The molecule has 1 N–H and O–H groups in total. The van der Waals surface area contributed by atoms with Crippen molar-refractivity contribution in [2.75, 3.05) is 33.9 Å². The molecule has 6 nitrogen and oxygen atoms in total. The molecule has 0 heterocycles. The van der Waals surface area contributed by atoms with E-state index in [0.717, 1.165) is 32.2 Å². The van der Waals surface area contributed by atoms with E-state index in [0.29, 0.717) is 12.8 Å². The van der Waals surface area contributed by atoms with Crippen LogP contribution in [0.5, 0.6) is 0 Å². The van der Waals surface area contributed by atoms with Crippen molar-refractivity contribution in [1.82, 2.24) is 4.90 Å². The van der Waals surface area contributed by atoms with Crippen LogP contribution in [0.15, 0.2) is 0 Å². The van der Waals surface area contributed by atoms with Gasteiger partial charge in [0, 0.05) is 6.42 Å². The highest BCUT2D eigenvalue weighted by atomic mass is 31.2. The number of hydrogen-bond donors (Lipinski definition) is 1. The van der Waals surface area contributed by atoms with E-state index in [1.807, 2.05) is 14.1 Å². The predicted molar refractivity (Wildman–Crippen MR) is 148 cm³/mol. The number of carbonyl (C=O) groups is 1. The van der Waals surface area contributed by atoms with Crippen LogP contribution in [0.25, 0.3) is 0 Å². The summed E-state index contributed by atoms with van der Waals surface area (Å²) in [6.45, 7) is 5.06. The maximum absolute atomic E-state index is 12.1. The molecule has 0 saturated heterocycles. The van der Waals surface area contributed by atoms with Crippen LogP contribution in [-0.2, 0) is 18.4 Å². The van der Waals surface area contributed by atoms with E-state index < -0.39 is 7.82 Å². The Morgan fingerprint density at radius 2 is 1.26 bits per heavy atom. The molecular weight excluding hydrogens is 461 g/mol. The molecule has 0 rings (SSSR count). The zero-order chi connectivity index (χ0) is 26.2. The Kier molecular flexibility index (Phi) is 23.9. The summed E-state index contributed by atoms with van der Waals surface area (Å²) >= 11 is 0. The molecule has 0 fully saturated rings. The van der Waals surface area contributed by atoms with Crippen molar-refractivity contribution in [3.63, 3.8) is 0 Å². The van der Waals surface area contributed by atoms with E-state index in [4.69, 9.17) is 9.05 Å². The van der Waals surface area contributed by atoms with E-state index in [1.165, 1.54) is 83.5 Å². The Bertz CT molecular complexity index is 529. The number of phosphoric ester groups is 1. The average Bonchev–Trinajstić information content (AvgIpc) is 2.79. The van der Waals surface area contributed by atoms with E-state index in [9.17, 15) is 14.3 Å². The minimum Gasteiger partial charge on any atom is -0.309 e. The highest BCUT2D eigenvalue weighted by molar-refractivity contribution is 7.47. The van der Waals surface area contributed by atoms with Gasteiger partial charge in [0.15, 0.2) is 0 Å². The number of ketones is 1. The predicted octanol–water partition coefficient (Wildman–Crippen LogP) is 8.32. The lowest BCUT2D eigenvalue weighted by Gasteiger charge is -2.18. The molecule has 0 aliphatic rings. The lowest BCUT2D eigenvalue weighted by atomic mass is 9.96. The fraction of sp³-hybridized carbons (Fsp3) is 0.964. The summed E-state index contributed by atoms with van der Waals surface area (Å²) in [5.74, 6) is 0.0734. The van der Waals surface area contributed by atoms with E-state index in [1.54, 1.807) is 6.92 Å². The molecular formula is C28H58NO5P. The van der Waals surface area contributed by atoms with E-state index in [2.05, 4.69) is 11.8 Å². The summed E-state index contributed by atoms with van der Waals surface area (Å²) in [7, 11) is -0.0637. The monoisotopic (exact) mass is 519 g/mol. The van der Waals surface area contributed by atoms with Crippen LogP contribution in [0.2, 0.25) is 0 Å². The van der Waals surface area contributed by atoms with Crippen LogP contribution in [0, 0.1) is 5.92 Å². The molecule has 210 valence electrons. The zero-order valence-electron chi connectivity index (χ0n) is 23.6. The molecule has 7 heteroatoms. The second-order valence-corrected chi connectivity index (χ2v) is 12.1. The molecule has 0 spiro atoms. The first-order valence-electron chi connectivity index (χ1n) is 14.5. The average molecular weight is 520 g/mol. The van der Waals surface area contributed by atoms with Gasteiger partial charge in [-0.15, -0.1) is 0 Å². The molecule has 0 radical (unpaired) electrons. The number of rotatable bonds is 27. The molecule has 0 aromatic heterocycles. The van der Waals surface area contributed by atoms with Crippen LogP contribution in [0.3, 0.4) is 0 Å². The van der Waals surface area contributed by atoms with Crippen molar-refractivity contribution in [2.24, 2.45) is 5.92 Å². The first-order chi connectivity index (χ1) is 16.8. The molecule has 2 atom stereocenters. The van der Waals surface area contributed by atoms with Gasteiger partial charge < -0.3 is 14.6 Å². The van der Waals surface area contributed by atoms with Gasteiger partial charge in [0.2, 0.25) is 0 Å². The molecule has 0 amide bonds. The number of carbonyl (C=O) groups excluding carboxylic acids is 1. The van der Waals surface area contributed by atoms with Gasteiger partial charge in [-0.1, -0.05) is 103 Å². The molecule has 0 aliphatic carbocycles. The Morgan fingerprint density at radius 3 is 1.71 bits per heavy atom. The van der Waals surface area contributed by atoms with Gasteiger partial charge in [-0.05, 0) is 52.7 Å². The second-order valence-electron chi connectivity index (χ2n) is 10.6. The molecule has 0 aromatic rings. The summed E-state index contributed by atoms with van der Waals surface area (Å²) in [5, 5.41) is 0. The lowest BCUT2D eigenvalue weighted by molar-refractivity contribution is -0.118. The first-order valence-corrected chi connectivity index (χ1v) is 16.0. The normalized spacial score (nSPS) is 14.3. The van der Waals surface area contributed by atoms with Gasteiger partial charge in [-0.25, -0.2) is 4.57 Å². The van der Waals surface area contributed by atoms with Gasteiger partial charge >= 0.3 is 7.82 Å². The SMILES string of the molecule is CCCCCCCCCCCCCCCCCC(COP(=O)(O)OCCCCN(C)C)CC(C)=O. The van der Waals surface area contributed by atoms with E-state index >= 15 is 0 Å².